The molecule has 4 heteroatoms. The average Bonchev–Trinajstić information content (AvgIpc) is 2.22. The van der Waals surface area contributed by atoms with Crippen molar-refractivity contribution in [2.75, 3.05) is 27.2 Å². The van der Waals surface area contributed by atoms with Crippen molar-refractivity contribution in [1.82, 2.24) is 0 Å². The molecule has 0 saturated heterocycles. The third kappa shape index (κ3) is 10.3. The van der Waals surface area contributed by atoms with Gasteiger partial charge in [-0.15, -0.1) is 0 Å². The van der Waals surface area contributed by atoms with Crippen molar-refractivity contribution < 1.29 is 19.5 Å². The average molecular weight is 258 g/mol. The highest BCUT2D eigenvalue weighted by atomic mass is 16.4. The number of aliphatic hydroxyl groups is 1. The highest BCUT2D eigenvalue weighted by Gasteiger charge is 2.20. The largest absolute Gasteiger partial charge is 0.481 e. The van der Waals surface area contributed by atoms with E-state index in [4.69, 9.17) is 5.11 Å². The van der Waals surface area contributed by atoms with Gasteiger partial charge in [-0.3, -0.25) is 4.79 Å². The summed E-state index contributed by atoms with van der Waals surface area (Å²) in [6.07, 6.45) is 7.53. The Kier molecular flexibility index (Phi) is 8.67. The molecule has 18 heavy (non-hydrogen) atoms. The lowest BCUT2D eigenvalue weighted by atomic mass is 10.1. The molecule has 1 unspecified atom stereocenters. The van der Waals surface area contributed by atoms with E-state index >= 15 is 0 Å². The van der Waals surface area contributed by atoms with Gasteiger partial charge in [0.15, 0.2) is 0 Å². The van der Waals surface area contributed by atoms with E-state index in [2.05, 4.69) is 6.08 Å². The summed E-state index contributed by atoms with van der Waals surface area (Å²) < 4.78 is 0.679. The molecule has 0 aliphatic carbocycles. The van der Waals surface area contributed by atoms with Crippen LogP contribution in [-0.4, -0.2) is 54.0 Å². The topological polar surface area (TPSA) is 57.5 Å². The zero-order chi connectivity index (χ0) is 14.0. The van der Waals surface area contributed by atoms with Gasteiger partial charge < -0.3 is 14.7 Å². The number of carboxylic acids is 1. The van der Waals surface area contributed by atoms with Crippen LogP contribution in [0.1, 0.15) is 39.0 Å². The quantitative estimate of drug-likeness (QED) is 0.358. The second-order valence-electron chi connectivity index (χ2n) is 5.49. The van der Waals surface area contributed by atoms with Crippen molar-refractivity contribution in [2.45, 2.75) is 45.1 Å². The molecule has 0 spiro atoms. The molecular formula is C14H28NO3+. The van der Waals surface area contributed by atoms with Gasteiger partial charge in [0.05, 0.1) is 27.1 Å². The lowest BCUT2D eigenvalue weighted by Gasteiger charge is -2.31. The fourth-order valence-electron chi connectivity index (χ4n) is 2.05. The Bertz CT molecular complexity index is 262. The van der Waals surface area contributed by atoms with Crippen LogP contribution >= 0.6 is 0 Å². The van der Waals surface area contributed by atoms with Crippen LogP contribution in [0.5, 0.6) is 0 Å². The van der Waals surface area contributed by atoms with E-state index in [1.165, 1.54) is 0 Å². The molecule has 106 valence electrons. The molecule has 0 aromatic rings. The number of unbranched alkanes of at least 4 members (excludes halogenated alkanes) is 1. The molecule has 2 N–H and O–H groups in total. The summed E-state index contributed by atoms with van der Waals surface area (Å²) in [5.74, 6) is -0.748. The summed E-state index contributed by atoms with van der Waals surface area (Å²) in [5.41, 5.74) is 0. The zero-order valence-corrected chi connectivity index (χ0v) is 11.9. The Morgan fingerprint density at radius 2 is 2.00 bits per heavy atom. The number of hydrogen-bond acceptors (Lipinski definition) is 2. The number of hydrogen-bond donors (Lipinski definition) is 2. The number of rotatable bonds is 10. The number of likely N-dealkylation sites (N-methyl/N-ethyl adjacent to an activating group) is 1. The lowest BCUT2D eigenvalue weighted by Crippen LogP contribution is -2.46. The highest BCUT2D eigenvalue weighted by Crippen LogP contribution is 2.09. The van der Waals surface area contributed by atoms with Crippen LogP contribution < -0.4 is 0 Å². The SMILES string of the molecule is C/C=C/CCCC(O)C[N+](C)(C)CCCC(=O)O. The Labute approximate surface area is 111 Å². The molecule has 4 nitrogen and oxygen atoms in total. The maximum Gasteiger partial charge on any atom is 0.303 e. The molecule has 0 aromatic heterocycles. The number of nitrogens with zero attached hydrogens (tertiary/aromatic N) is 1. The van der Waals surface area contributed by atoms with Crippen LogP contribution in [0.3, 0.4) is 0 Å². The van der Waals surface area contributed by atoms with E-state index < -0.39 is 5.97 Å². The normalized spacial score (nSPS) is 14.0. The van der Waals surface area contributed by atoms with Gasteiger partial charge >= 0.3 is 5.97 Å². The minimum Gasteiger partial charge on any atom is -0.481 e. The van der Waals surface area contributed by atoms with Gasteiger partial charge in [0.1, 0.15) is 12.6 Å². The fraction of sp³-hybridized carbons (Fsp3) is 0.786. The van der Waals surface area contributed by atoms with Crippen LogP contribution in [0.4, 0.5) is 0 Å². The third-order valence-corrected chi connectivity index (χ3v) is 3.00. The van der Waals surface area contributed by atoms with Crippen molar-refractivity contribution in [1.29, 1.82) is 0 Å². The molecule has 0 fully saturated rings. The molecule has 0 heterocycles. The summed E-state index contributed by atoms with van der Waals surface area (Å²) in [7, 11) is 4.08. The monoisotopic (exact) mass is 258 g/mol. The van der Waals surface area contributed by atoms with E-state index in [-0.39, 0.29) is 12.5 Å². The number of quaternary nitrogens is 1. The molecular weight excluding hydrogens is 230 g/mol. The number of allylic oxidation sites excluding steroid dienone is 2. The number of aliphatic hydroxyl groups excluding tert-OH is 1. The third-order valence-electron chi connectivity index (χ3n) is 3.00. The Morgan fingerprint density at radius 1 is 1.33 bits per heavy atom. The van der Waals surface area contributed by atoms with Crippen molar-refractivity contribution in [3.63, 3.8) is 0 Å². The van der Waals surface area contributed by atoms with Gasteiger partial charge in [-0.05, 0) is 26.2 Å². The first-order valence-electron chi connectivity index (χ1n) is 6.70. The summed E-state index contributed by atoms with van der Waals surface area (Å²) in [5, 5.41) is 18.5. The lowest BCUT2D eigenvalue weighted by molar-refractivity contribution is -0.893. The first-order valence-corrected chi connectivity index (χ1v) is 6.70. The summed E-state index contributed by atoms with van der Waals surface area (Å²) in [6, 6.07) is 0. The van der Waals surface area contributed by atoms with E-state index in [1.54, 1.807) is 0 Å². The van der Waals surface area contributed by atoms with Gasteiger partial charge in [0.25, 0.3) is 0 Å². The van der Waals surface area contributed by atoms with Gasteiger partial charge in [-0.25, -0.2) is 0 Å². The van der Waals surface area contributed by atoms with Crippen LogP contribution in [0.15, 0.2) is 12.2 Å². The molecule has 0 aliphatic heterocycles. The molecule has 0 rings (SSSR count). The van der Waals surface area contributed by atoms with Crippen molar-refractivity contribution in [2.24, 2.45) is 0 Å². The van der Waals surface area contributed by atoms with E-state index in [9.17, 15) is 9.90 Å². The minimum absolute atomic E-state index is 0.207. The molecule has 0 saturated carbocycles. The minimum atomic E-state index is -0.748. The van der Waals surface area contributed by atoms with Crippen molar-refractivity contribution in [3.05, 3.63) is 12.2 Å². The summed E-state index contributed by atoms with van der Waals surface area (Å²) in [4.78, 5) is 10.4. The Morgan fingerprint density at radius 3 is 2.56 bits per heavy atom. The standard InChI is InChI=1S/C14H27NO3/c1-4-5-6-7-9-13(16)12-15(2,3)11-8-10-14(17)18/h4-5,13,16H,6-12H2,1-3H3/p+1/b5-4+. The Hall–Kier alpha value is -0.870. The maximum atomic E-state index is 10.4. The molecule has 0 amide bonds. The number of carbonyl (C=O) groups is 1. The first-order chi connectivity index (χ1) is 8.37. The van der Waals surface area contributed by atoms with Gasteiger partial charge in [0, 0.05) is 6.42 Å². The maximum absolute atomic E-state index is 10.4. The first kappa shape index (κ1) is 17.1. The number of carboxylic acid groups (broad SMARTS) is 1. The van der Waals surface area contributed by atoms with Gasteiger partial charge in [-0.1, -0.05) is 12.2 Å². The van der Waals surface area contributed by atoms with Crippen LogP contribution in [0.2, 0.25) is 0 Å². The molecule has 0 radical (unpaired) electrons. The zero-order valence-electron chi connectivity index (χ0n) is 11.9. The molecule has 1 atom stereocenters. The predicted octanol–water partition coefficient (Wildman–Crippen LogP) is 2.03. The smallest absolute Gasteiger partial charge is 0.303 e. The van der Waals surface area contributed by atoms with Crippen LogP contribution in [-0.2, 0) is 4.79 Å². The molecule has 0 aliphatic rings. The summed E-state index contributed by atoms with van der Waals surface area (Å²) >= 11 is 0. The number of aliphatic carboxylic acids is 1. The molecule has 0 bridgehead atoms. The van der Waals surface area contributed by atoms with E-state index in [1.807, 2.05) is 27.1 Å². The van der Waals surface area contributed by atoms with Crippen LogP contribution in [0.25, 0.3) is 0 Å². The van der Waals surface area contributed by atoms with Gasteiger partial charge in [-0.2, -0.15) is 0 Å². The van der Waals surface area contributed by atoms with Crippen molar-refractivity contribution >= 4 is 5.97 Å². The Balaban J connectivity index is 3.80. The van der Waals surface area contributed by atoms with Gasteiger partial charge in [0.2, 0.25) is 0 Å². The predicted molar refractivity (Wildman–Crippen MR) is 73.4 cm³/mol. The second-order valence-corrected chi connectivity index (χ2v) is 5.49. The fourth-order valence-corrected chi connectivity index (χ4v) is 2.05. The van der Waals surface area contributed by atoms with Crippen molar-refractivity contribution in [3.8, 4) is 0 Å². The van der Waals surface area contributed by atoms with Crippen LogP contribution in [0, 0.1) is 0 Å². The van der Waals surface area contributed by atoms with E-state index in [0.717, 1.165) is 25.8 Å². The molecule has 0 aromatic carbocycles. The summed E-state index contributed by atoms with van der Waals surface area (Å²) in [6.45, 7) is 3.48. The second kappa shape index (κ2) is 9.11. The van der Waals surface area contributed by atoms with E-state index in [0.29, 0.717) is 17.4 Å². The highest BCUT2D eigenvalue weighted by molar-refractivity contribution is 5.66.